The molecule has 19 heavy (non-hydrogen) atoms. The second-order valence-electron chi connectivity index (χ2n) is 5.30. The number of para-hydroxylation sites is 1. The largest absolute Gasteiger partial charge is 0.367 e. The predicted molar refractivity (Wildman–Crippen MR) is 82.2 cm³/mol. The Bertz CT molecular complexity index is 582. The Kier molecular flexibility index (Phi) is 3.61. The number of alkyl halides is 1. The molecule has 2 aromatic rings. The molecule has 100 valence electrons. The first-order valence-corrected chi connectivity index (χ1v) is 7.52. The molecule has 3 rings (SSSR count). The van der Waals surface area contributed by atoms with Crippen molar-refractivity contribution in [1.29, 1.82) is 0 Å². The lowest BCUT2D eigenvalue weighted by molar-refractivity contribution is 0.489. The Hall–Kier alpha value is -1.28. The smallest absolute Gasteiger partial charge is 0.0726 e. The van der Waals surface area contributed by atoms with E-state index in [1.807, 2.05) is 6.07 Å². The first kappa shape index (κ1) is 12.7. The van der Waals surface area contributed by atoms with Crippen LogP contribution in [0.5, 0.6) is 0 Å². The highest BCUT2D eigenvalue weighted by atomic mass is 35.5. The van der Waals surface area contributed by atoms with Crippen LogP contribution in [0.3, 0.4) is 0 Å². The van der Waals surface area contributed by atoms with Crippen molar-refractivity contribution < 1.29 is 0 Å². The summed E-state index contributed by atoms with van der Waals surface area (Å²) in [5.41, 5.74) is 3.46. The topological polar surface area (TPSA) is 16.1 Å². The fourth-order valence-electron chi connectivity index (χ4n) is 3.00. The fourth-order valence-corrected chi connectivity index (χ4v) is 3.32. The van der Waals surface area contributed by atoms with E-state index in [0.29, 0.717) is 11.9 Å². The summed E-state index contributed by atoms with van der Waals surface area (Å²) in [5, 5.41) is 1.24. The Morgan fingerprint density at radius 3 is 3.00 bits per heavy atom. The number of hydrogen-bond acceptors (Lipinski definition) is 2. The van der Waals surface area contributed by atoms with Gasteiger partial charge in [0.25, 0.3) is 0 Å². The quantitative estimate of drug-likeness (QED) is 0.765. The second kappa shape index (κ2) is 5.38. The molecule has 1 unspecified atom stereocenters. The van der Waals surface area contributed by atoms with E-state index in [0.717, 1.165) is 17.8 Å². The van der Waals surface area contributed by atoms with Gasteiger partial charge in [0.05, 0.1) is 5.52 Å². The van der Waals surface area contributed by atoms with Crippen LogP contribution in [0.1, 0.15) is 25.0 Å². The third kappa shape index (κ3) is 2.42. The van der Waals surface area contributed by atoms with Crippen molar-refractivity contribution in [3.63, 3.8) is 0 Å². The minimum Gasteiger partial charge on any atom is -0.367 e. The van der Waals surface area contributed by atoms with Crippen LogP contribution in [0.25, 0.3) is 10.9 Å². The summed E-state index contributed by atoms with van der Waals surface area (Å²) >= 11 is 6.16. The van der Waals surface area contributed by atoms with Crippen molar-refractivity contribution in [1.82, 2.24) is 4.98 Å². The first-order valence-electron chi connectivity index (χ1n) is 6.98. The fraction of sp³-hybridized carbons (Fsp3) is 0.438. The molecule has 1 atom stereocenters. The number of nitrogens with zero attached hydrogens (tertiary/aromatic N) is 2. The van der Waals surface area contributed by atoms with E-state index in [4.69, 9.17) is 11.6 Å². The Morgan fingerprint density at radius 1 is 1.32 bits per heavy atom. The van der Waals surface area contributed by atoms with Gasteiger partial charge in [0.1, 0.15) is 0 Å². The summed E-state index contributed by atoms with van der Waals surface area (Å²) in [6.45, 7) is 3.17. The minimum atomic E-state index is 0.459. The molecule has 0 saturated carbocycles. The Balaban J connectivity index is 2.12. The maximum absolute atomic E-state index is 6.16. The molecule has 1 aliphatic rings. The summed E-state index contributed by atoms with van der Waals surface area (Å²) in [5.74, 6) is 0.704. The average molecular weight is 275 g/mol. The summed E-state index contributed by atoms with van der Waals surface area (Å²) in [7, 11) is 0. The molecular formula is C16H19ClN2. The molecule has 0 bridgehead atoms. The highest BCUT2D eigenvalue weighted by Gasteiger charge is 2.23. The van der Waals surface area contributed by atoms with Gasteiger partial charge in [0.15, 0.2) is 0 Å². The number of rotatable bonds is 2. The molecule has 2 nitrogen and oxygen atoms in total. The van der Waals surface area contributed by atoms with Crippen LogP contribution in [-0.4, -0.2) is 23.5 Å². The molecule has 1 aliphatic heterocycles. The van der Waals surface area contributed by atoms with E-state index in [1.54, 1.807) is 0 Å². The maximum atomic E-state index is 6.16. The normalized spacial score (nSPS) is 19.9. The van der Waals surface area contributed by atoms with Gasteiger partial charge in [-0.3, -0.25) is 4.98 Å². The van der Waals surface area contributed by atoms with Crippen molar-refractivity contribution in [3.05, 3.63) is 36.0 Å². The number of aryl methyl sites for hydroxylation is 1. The van der Waals surface area contributed by atoms with Crippen LogP contribution in [0.4, 0.5) is 5.69 Å². The van der Waals surface area contributed by atoms with Gasteiger partial charge >= 0.3 is 0 Å². The molecule has 0 amide bonds. The number of anilines is 1. The van der Waals surface area contributed by atoms with Crippen molar-refractivity contribution in [2.24, 2.45) is 0 Å². The van der Waals surface area contributed by atoms with Gasteiger partial charge in [0, 0.05) is 35.2 Å². The number of hydrogen-bond donors (Lipinski definition) is 0. The summed E-state index contributed by atoms with van der Waals surface area (Å²) in [6, 6.07) is 11.0. The second-order valence-corrected chi connectivity index (χ2v) is 5.61. The highest BCUT2D eigenvalue weighted by molar-refractivity contribution is 6.18. The van der Waals surface area contributed by atoms with Gasteiger partial charge in [-0.2, -0.15) is 0 Å². The van der Waals surface area contributed by atoms with Crippen molar-refractivity contribution in [2.75, 3.05) is 17.3 Å². The monoisotopic (exact) mass is 274 g/mol. The zero-order valence-electron chi connectivity index (χ0n) is 11.3. The predicted octanol–water partition coefficient (Wildman–Crippen LogP) is 4.14. The number of fused-ring (bicyclic) bond motifs is 1. The number of piperidine rings is 1. The van der Waals surface area contributed by atoms with Crippen LogP contribution >= 0.6 is 11.6 Å². The SMILES string of the molecule is Cc1cc(N2CCCCC2CCl)c2ccccc2n1. The molecule has 0 spiro atoms. The molecule has 1 saturated heterocycles. The molecule has 3 heteroatoms. The van der Waals surface area contributed by atoms with Crippen LogP contribution in [0.15, 0.2) is 30.3 Å². The van der Waals surface area contributed by atoms with E-state index in [2.05, 4.69) is 41.1 Å². The van der Waals surface area contributed by atoms with Crippen molar-refractivity contribution in [2.45, 2.75) is 32.2 Å². The van der Waals surface area contributed by atoms with E-state index in [9.17, 15) is 0 Å². The summed E-state index contributed by atoms with van der Waals surface area (Å²) < 4.78 is 0. The van der Waals surface area contributed by atoms with Gasteiger partial charge in [-0.05, 0) is 38.3 Å². The van der Waals surface area contributed by atoms with Crippen LogP contribution < -0.4 is 4.90 Å². The van der Waals surface area contributed by atoms with E-state index in [-0.39, 0.29) is 0 Å². The third-order valence-electron chi connectivity index (χ3n) is 3.94. The van der Waals surface area contributed by atoms with Crippen LogP contribution in [-0.2, 0) is 0 Å². The molecule has 1 aromatic heterocycles. The molecule has 1 fully saturated rings. The molecule has 0 radical (unpaired) electrons. The minimum absolute atomic E-state index is 0.459. The van der Waals surface area contributed by atoms with Gasteiger partial charge in [-0.25, -0.2) is 0 Å². The number of pyridine rings is 1. The number of benzene rings is 1. The molecule has 1 aromatic carbocycles. The van der Waals surface area contributed by atoms with Crippen LogP contribution in [0, 0.1) is 6.92 Å². The van der Waals surface area contributed by atoms with Crippen LogP contribution in [0.2, 0.25) is 0 Å². The van der Waals surface area contributed by atoms with Gasteiger partial charge in [-0.1, -0.05) is 18.2 Å². The molecule has 2 heterocycles. The lowest BCUT2D eigenvalue weighted by Crippen LogP contribution is -2.41. The molecular weight excluding hydrogens is 256 g/mol. The van der Waals surface area contributed by atoms with E-state index >= 15 is 0 Å². The molecule has 0 aliphatic carbocycles. The van der Waals surface area contributed by atoms with E-state index < -0.39 is 0 Å². The Labute approximate surface area is 119 Å². The van der Waals surface area contributed by atoms with Gasteiger partial charge in [-0.15, -0.1) is 11.6 Å². The molecule has 0 N–H and O–H groups in total. The standard InChI is InChI=1S/C16H19ClN2/c1-12-10-16(14-7-2-3-8-15(14)18-12)19-9-5-4-6-13(19)11-17/h2-3,7-8,10,13H,4-6,9,11H2,1H3. The highest BCUT2D eigenvalue weighted by Crippen LogP contribution is 2.31. The van der Waals surface area contributed by atoms with Gasteiger partial charge in [0.2, 0.25) is 0 Å². The summed E-state index contributed by atoms with van der Waals surface area (Å²) in [4.78, 5) is 7.10. The van der Waals surface area contributed by atoms with Crippen molar-refractivity contribution in [3.8, 4) is 0 Å². The number of aromatic nitrogens is 1. The third-order valence-corrected chi connectivity index (χ3v) is 4.29. The maximum Gasteiger partial charge on any atom is 0.0726 e. The zero-order chi connectivity index (χ0) is 13.2. The summed E-state index contributed by atoms with van der Waals surface area (Å²) in [6.07, 6.45) is 3.73. The number of halogens is 1. The average Bonchev–Trinajstić information content (AvgIpc) is 2.46. The Morgan fingerprint density at radius 2 is 2.16 bits per heavy atom. The van der Waals surface area contributed by atoms with Gasteiger partial charge < -0.3 is 4.90 Å². The van der Waals surface area contributed by atoms with E-state index in [1.165, 1.54) is 30.3 Å². The lowest BCUT2D eigenvalue weighted by atomic mass is 10.0. The zero-order valence-corrected chi connectivity index (χ0v) is 12.0. The lowest BCUT2D eigenvalue weighted by Gasteiger charge is -2.37. The van der Waals surface area contributed by atoms with Crippen molar-refractivity contribution >= 4 is 28.2 Å². The first-order chi connectivity index (χ1) is 9.29.